The number of ether oxygens (including phenoxy) is 1. The van der Waals surface area contributed by atoms with Gasteiger partial charge in [0.2, 0.25) is 5.95 Å². The van der Waals surface area contributed by atoms with Crippen LogP contribution in [0.15, 0.2) is 5.16 Å². The summed E-state index contributed by atoms with van der Waals surface area (Å²) in [4.78, 5) is 12.3. The second-order valence-electron chi connectivity index (χ2n) is 3.07. The molecule has 0 aliphatic rings. The van der Waals surface area contributed by atoms with E-state index in [0.29, 0.717) is 23.7 Å². The van der Waals surface area contributed by atoms with E-state index in [1.165, 1.54) is 0 Å². The van der Waals surface area contributed by atoms with Crippen LogP contribution in [0.1, 0.15) is 26.7 Å². The van der Waals surface area contributed by atoms with E-state index in [1.54, 1.807) is 11.8 Å². The zero-order chi connectivity index (χ0) is 11.8. The van der Waals surface area contributed by atoms with Gasteiger partial charge in [-0.3, -0.25) is 5.43 Å². The number of rotatable bonds is 7. The Morgan fingerprint density at radius 3 is 2.69 bits per heavy atom. The Kier molecular flexibility index (Phi) is 5.87. The first-order chi connectivity index (χ1) is 7.80. The summed E-state index contributed by atoms with van der Waals surface area (Å²) in [5.74, 6) is 6.57. The summed E-state index contributed by atoms with van der Waals surface area (Å²) >= 11 is 1.56. The lowest BCUT2D eigenvalue weighted by Crippen LogP contribution is -2.13. The van der Waals surface area contributed by atoms with Gasteiger partial charge >= 0.3 is 6.01 Å². The van der Waals surface area contributed by atoms with Crippen LogP contribution in [-0.4, -0.2) is 27.3 Å². The van der Waals surface area contributed by atoms with Gasteiger partial charge in [-0.1, -0.05) is 25.6 Å². The van der Waals surface area contributed by atoms with Crippen LogP contribution in [0.5, 0.6) is 6.01 Å². The summed E-state index contributed by atoms with van der Waals surface area (Å²) in [6.07, 6.45) is 1.97. The maximum atomic E-state index is 5.35. The Hall–Kier alpha value is -1.08. The normalized spacial score (nSPS) is 10.2. The van der Waals surface area contributed by atoms with E-state index < -0.39 is 0 Å². The molecule has 0 bridgehead atoms. The Balaban J connectivity index is 2.74. The molecule has 1 heterocycles. The number of aromatic nitrogens is 3. The molecule has 1 aromatic rings. The lowest BCUT2D eigenvalue weighted by atomic mass is 10.5. The highest BCUT2D eigenvalue weighted by atomic mass is 32.2. The fourth-order valence-electron chi connectivity index (χ4n) is 0.918. The number of anilines is 1. The number of nitrogens with zero attached hydrogens (tertiary/aromatic N) is 3. The number of hydrogen-bond acceptors (Lipinski definition) is 7. The van der Waals surface area contributed by atoms with E-state index in [1.807, 2.05) is 6.92 Å². The molecule has 0 saturated heterocycles. The average Bonchev–Trinajstić information content (AvgIpc) is 2.33. The molecule has 0 atom stereocenters. The standard InChI is InChI=1S/C9H17N5OS/c1-3-5-15-8-11-7(14-10)12-9(13-8)16-6-4-2/h3-6,10H2,1-2H3,(H,11,12,13,14). The Morgan fingerprint density at radius 2 is 2.06 bits per heavy atom. The molecule has 0 saturated carbocycles. The zero-order valence-corrected chi connectivity index (χ0v) is 10.4. The lowest BCUT2D eigenvalue weighted by Gasteiger charge is -2.06. The maximum Gasteiger partial charge on any atom is 0.322 e. The third-order valence-electron chi connectivity index (χ3n) is 1.59. The molecule has 16 heavy (non-hydrogen) atoms. The average molecular weight is 243 g/mol. The first-order valence-corrected chi connectivity index (χ1v) is 6.27. The molecule has 0 amide bonds. The van der Waals surface area contributed by atoms with Crippen LogP contribution in [0.2, 0.25) is 0 Å². The highest BCUT2D eigenvalue weighted by Gasteiger charge is 2.06. The van der Waals surface area contributed by atoms with Crippen molar-refractivity contribution in [1.82, 2.24) is 15.0 Å². The molecule has 0 aliphatic carbocycles. The first-order valence-electron chi connectivity index (χ1n) is 5.28. The van der Waals surface area contributed by atoms with Gasteiger partial charge in [0.05, 0.1) is 6.61 Å². The van der Waals surface area contributed by atoms with Crippen molar-refractivity contribution < 1.29 is 4.74 Å². The minimum Gasteiger partial charge on any atom is -0.463 e. The topological polar surface area (TPSA) is 86.0 Å². The quantitative estimate of drug-likeness (QED) is 0.426. The van der Waals surface area contributed by atoms with E-state index in [2.05, 4.69) is 27.3 Å². The van der Waals surface area contributed by atoms with Crippen LogP contribution in [0.25, 0.3) is 0 Å². The molecule has 0 spiro atoms. The van der Waals surface area contributed by atoms with Crippen molar-refractivity contribution in [2.75, 3.05) is 17.8 Å². The summed E-state index contributed by atoms with van der Waals surface area (Å²) in [7, 11) is 0. The smallest absolute Gasteiger partial charge is 0.322 e. The van der Waals surface area contributed by atoms with Crippen LogP contribution in [0.3, 0.4) is 0 Å². The van der Waals surface area contributed by atoms with Crippen LogP contribution in [-0.2, 0) is 0 Å². The van der Waals surface area contributed by atoms with Crippen LogP contribution in [0.4, 0.5) is 5.95 Å². The second kappa shape index (κ2) is 7.24. The van der Waals surface area contributed by atoms with E-state index in [4.69, 9.17) is 10.6 Å². The van der Waals surface area contributed by atoms with Gasteiger partial charge in [0, 0.05) is 5.75 Å². The molecule has 7 heteroatoms. The second-order valence-corrected chi connectivity index (χ2v) is 4.13. The van der Waals surface area contributed by atoms with Crippen LogP contribution < -0.4 is 16.0 Å². The SMILES string of the molecule is CCCOc1nc(NN)nc(SCCC)n1. The zero-order valence-electron chi connectivity index (χ0n) is 9.56. The summed E-state index contributed by atoms with van der Waals surface area (Å²) in [5, 5.41) is 0.635. The fourth-order valence-corrected chi connectivity index (χ4v) is 1.60. The fraction of sp³-hybridized carbons (Fsp3) is 0.667. The molecule has 0 fully saturated rings. The lowest BCUT2D eigenvalue weighted by molar-refractivity contribution is 0.288. The highest BCUT2D eigenvalue weighted by Crippen LogP contribution is 2.17. The molecule has 3 N–H and O–H groups in total. The van der Waals surface area contributed by atoms with Crippen LogP contribution >= 0.6 is 11.8 Å². The highest BCUT2D eigenvalue weighted by molar-refractivity contribution is 7.99. The van der Waals surface area contributed by atoms with Crippen molar-refractivity contribution in [3.63, 3.8) is 0 Å². The van der Waals surface area contributed by atoms with Crippen molar-refractivity contribution >= 4 is 17.7 Å². The molecule has 0 aromatic carbocycles. The van der Waals surface area contributed by atoms with Crippen molar-refractivity contribution in [1.29, 1.82) is 0 Å². The van der Waals surface area contributed by atoms with Gasteiger partial charge in [-0.05, 0) is 12.8 Å². The van der Waals surface area contributed by atoms with Gasteiger partial charge in [-0.2, -0.15) is 15.0 Å². The number of hydrogen-bond donors (Lipinski definition) is 2. The third kappa shape index (κ3) is 4.19. The Morgan fingerprint density at radius 1 is 1.25 bits per heavy atom. The molecule has 1 rings (SSSR count). The molecule has 6 nitrogen and oxygen atoms in total. The molecule has 0 aliphatic heterocycles. The van der Waals surface area contributed by atoms with Crippen LogP contribution in [0, 0.1) is 0 Å². The molecule has 0 radical (unpaired) electrons. The number of nitrogens with two attached hydrogens (primary N) is 1. The molecular weight excluding hydrogens is 226 g/mol. The van der Waals surface area contributed by atoms with Crippen molar-refractivity contribution in [2.45, 2.75) is 31.8 Å². The van der Waals surface area contributed by atoms with Gasteiger partial charge in [0.1, 0.15) is 0 Å². The predicted octanol–water partition coefficient (Wildman–Crippen LogP) is 1.45. The number of thioether (sulfide) groups is 1. The predicted molar refractivity (Wildman–Crippen MR) is 64.4 cm³/mol. The molecule has 1 aromatic heterocycles. The molecule has 0 unspecified atom stereocenters. The van der Waals surface area contributed by atoms with Gasteiger partial charge < -0.3 is 4.74 Å². The minimum atomic E-state index is 0.323. The van der Waals surface area contributed by atoms with Crippen molar-refractivity contribution in [3.8, 4) is 6.01 Å². The van der Waals surface area contributed by atoms with E-state index in [9.17, 15) is 0 Å². The first kappa shape index (κ1) is 13.0. The van der Waals surface area contributed by atoms with Gasteiger partial charge in [0.25, 0.3) is 0 Å². The number of nitrogens with one attached hydrogen (secondary N) is 1. The minimum absolute atomic E-state index is 0.323. The van der Waals surface area contributed by atoms with Crippen molar-refractivity contribution in [2.24, 2.45) is 5.84 Å². The van der Waals surface area contributed by atoms with E-state index >= 15 is 0 Å². The largest absolute Gasteiger partial charge is 0.463 e. The van der Waals surface area contributed by atoms with E-state index in [0.717, 1.165) is 18.6 Å². The van der Waals surface area contributed by atoms with Gasteiger partial charge in [-0.25, -0.2) is 5.84 Å². The summed E-state index contributed by atoms with van der Waals surface area (Å²) < 4.78 is 5.35. The number of hydrazine groups is 1. The summed E-state index contributed by atoms with van der Waals surface area (Å²) in [6, 6.07) is 0.323. The third-order valence-corrected chi connectivity index (χ3v) is 2.65. The monoisotopic (exact) mass is 243 g/mol. The van der Waals surface area contributed by atoms with Gasteiger partial charge in [-0.15, -0.1) is 0 Å². The van der Waals surface area contributed by atoms with Crippen molar-refractivity contribution in [3.05, 3.63) is 0 Å². The summed E-state index contributed by atoms with van der Waals surface area (Å²) in [5.41, 5.74) is 2.41. The van der Waals surface area contributed by atoms with Gasteiger partial charge in [0.15, 0.2) is 5.16 Å². The number of nitrogen functional groups attached to an aromatic ring is 1. The molecule has 90 valence electrons. The Bertz CT molecular complexity index is 297. The maximum absolute atomic E-state index is 5.35. The van der Waals surface area contributed by atoms with E-state index in [-0.39, 0.29) is 0 Å². The summed E-state index contributed by atoms with van der Waals surface area (Å²) in [6.45, 7) is 4.71. The Labute approximate surface area is 99.4 Å². The molecular formula is C9H17N5OS.